The maximum Gasteiger partial charge on any atom is 0.240 e. The summed E-state index contributed by atoms with van der Waals surface area (Å²) in [4.78, 5) is 15.6. The Kier molecular flexibility index (Phi) is 5.46. The Morgan fingerprint density at radius 1 is 1.08 bits per heavy atom. The second-order valence-corrected chi connectivity index (χ2v) is 7.77. The second kappa shape index (κ2) is 7.97. The number of carbonyl (C=O) groups excluding carboxylic acids is 1. The molecule has 26 heavy (non-hydrogen) atoms. The number of hydrogen-bond acceptors (Lipinski definition) is 4. The molecule has 2 heterocycles. The van der Waals surface area contributed by atoms with Gasteiger partial charge in [0, 0.05) is 19.6 Å². The number of morpholine rings is 1. The Morgan fingerprint density at radius 2 is 1.88 bits per heavy atom. The summed E-state index contributed by atoms with van der Waals surface area (Å²) in [5.74, 6) is 1.21. The Hall–Kier alpha value is -1.59. The molecule has 0 unspecified atom stereocenters. The van der Waals surface area contributed by atoms with Gasteiger partial charge in [-0.15, -0.1) is 0 Å². The molecule has 5 heteroatoms. The highest BCUT2D eigenvalue weighted by Gasteiger charge is 2.44. The standard InChI is InChI=1S/C21H30N2O3/c24-20(21(8-2-1-3-9-21)23-10-13-25-14-11-23)22-16-17-6-7-19-18(15-17)5-4-12-26-19/h6-7,15H,1-5,8-14,16H2,(H,22,24). The summed E-state index contributed by atoms with van der Waals surface area (Å²) in [5, 5.41) is 3.25. The van der Waals surface area contributed by atoms with Gasteiger partial charge in [-0.1, -0.05) is 31.4 Å². The van der Waals surface area contributed by atoms with Gasteiger partial charge in [-0.3, -0.25) is 9.69 Å². The summed E-state index contributed by atoms with van der Waals surface area (Å²) in [6, 6.07) is 6.32. The SMILES string of the molecule is O=C(NCc1ccc2c(c1)CCCO2)C1(N2CCOCC2)CCCCC1. The third-order valence-electron chi connectivity index (χ3n) is 6.15. The van der Waals surface area contributed by atoms with Crippen molar-refractivity contribution in [3.63, 3.8) is 0 Å². The number of carbonyl (C=O) groups is 1. The lowest BCUT2D eigenvalue weighted by atomic mass is 9.79. The van der Waals surface area contributed by atoms with Crippen LogP contribution in [-0.2, 0) is 22.5 Å². The molecule has 0 spiro atoms. The third kappa shape index (κ3) is 3.60. The molecule has 1 aromatic carbocycles. The van der Waals surface area contributed by atoms with Crippen molar-refractivity contribution in [3.05, 3.63) is 29.3 Å². The molecule has 3 aliphatic rings. The van der Waals surface area contributed by atoms with Crippen LogP contribution < -0.4 is 10.1 Å². The molecule has 1 aromatic rings. The van der Waals surface area contributed by atoms with Crippen molar-refractivity contribution >= 4 is 5.91 Å². The number of fused-ring (bicyclic) bond motifs is 1. The van der Waals surface area contributed by atoms with Gasteiger partial charge in [-0.25, -0.2) is 0 Å². The summed E-state index contributed by atoms with van der Waals surface area (Å²) in [7, 11) is 0. The van der Waals surface area contributed by atoms with Crippen LogP contribution in [0.3, 0.4) is 0 Å². The molecule has 0 aromatic heterocycles. The number of amides is 1. The Balaban J connectivity index is 1.44. The van der Waals surface area contributed by atoms with Crippen LogP contribution in [0.25, 0.3) is 0 Å². The largest absolute Gasteiger partial charge is 0.493 e. The van der Waals surface area contributed by atoms with Crippen LogP contribution in [0.15, 0.2) is 18.2 Å². The molecule has 142 valence electrons. The zero-order valence-corrected chi connectivity index (χ0v) is 15.6. The van der Waals surface area contributed by atoms with E-state index in [1.807, 2.05) is 6.07 Å². The highest BCUT2D eigenvalue weighted by molar-refractivity contribution is 5.86. The van der Waals surface area contributed by atoms with Crippen molar-refractivity contribution in [3.8, 4) is 5.75 Å². The van der Waals surface area contributed by atoms with E-state index in [1.165, 1.54) is 12.0 Å². The first kappa shape index (κ1) is 17.8. The van der Waals surface area contributed by atoms with Crippen LogP contribution in [0.5, 0.6) is 5.75 Å². The number of aryl methyl sites for hydroxylation is 1. The third-order valence-corrected chi connectivity index (χ3v) is 6.15. The van der Waals surface area contributed by atoms with E-state index in [1.54, 1.807) is 0 Å². The molecule has 1 saturated heterocycles. The van der Waals surface area contributed by atoms with Gasteiger partial charge in [0.1, 0.15) is 11.3 Å². The van der Waals surface area contributed by atoms with Crippen LogP contribution in [0.1, 0.15) is 49.7 Å². The lowest BCUT2D eigenvalue weighted by Crippen LogP contribution is -2.62. The van der Waals surface area contributed by atoms with E-state index in [0.717, 1.165) is 82.7 Å². The molecule has 2 aliphatic heterocycles. The average molecular weight is 358 g/mol. The highest BCUT2D eigenvalue weighted by Crippen LogP contribution is 2.35. The van der Waals surface area contributed by atoms with Crippen LogP contribution in [0.4, 0.5) is 0 Å². The van der Waals surface area contributed by atoms with Gasteiger partial charge in [-0.2, -0.15) is 0 Å². The summed E-state index contributed by atoms with van der Waals surface area (Å²) >= 11 is 0. The van der Waals surface area contributed by atoms with E-state index in [2.05, 4.69) is 22.3 Å². The Bertz CT molecular complexity index is 634. The van der Waals surface area contributed by atoms with Gasteiger partial charge >= 0.3 is 0 Å². The van der Waals surface area contributed by atoms with Gasteiger partial charge in [0.2, 0.25) is 5.91 Å². The lowest BCUT2D eigenvalue weighted by molar-refractivity contribution is -0.140. The first-order valence-electron chi connectivity index (χ1n) is 10.1. The normalized spacial score (nSPS) is 22.9. The number of nitrogens with zero attached hydrogens (tertiary/aromatic N) is 1. The molecule has 1 N–H and O–H groups in total. The van der Waals surface area contributed by atoms with Crippen molar-refractivity contribution in [2.75, 3.05) is 32.9 Å². The number of benzene rings is 1. The summed E-state index contributed by atoms with van der Waals surface area (Å²) in [6.45, 7) is 4.61. The van der Waals surface area contributed by atoms with Crippen molar-refractivity contribution in [2.24, 2.45) is 0 Å². The van der Waals surface area contributed by atoms with Crippen molar-refractivity contribution in [1.82, 2.24) is 10.2 Å². The van der Waals surface area contributed by atoms with E-state index in [4.69, 9.17) is 9.47 Å². The fraction of sp³-hybridized carbons (Fsp3) is 0.667. The number of rotatable bonds is 4. The monoisotopic (exact) mass is 358 g/mol. The number of hydrogen-bond donors (Lipinski definition) is 1. The van der Waals surface area contributed by atoms with E-state index in [-0.39, 0.29) is 11.4 Å². The van der Waals surface area contributed by atoms with E-state index >= 15 is 0 Å². The zero-order chi connectivity index (χ0) is 17.8. The zero-order valence-electron chi connectivity index (χ0n) is 15.6. The number of nitrogens with one attached hydrogen (secondary N) is 1. The van der Waals surface area contributed by atoms with Crippen LogP contribution >= 0.6 is 0 Å². The van der Waals surface area contributed by atoms with Crippen LogP contribution in [-0.4, -0.2) is 49.3 Å². The van der Waals surface area contributed by atoms with Crippen molar-refractivity contribution in [1.29, 1.82) is 0 Å². The molecule has 2 fully saturated rings. The van der Waals surface area contributed by atoms with E-state index in [9.17, 15) is 4.79 Å². The van der Waals surface area contributed by atoms with Gasteiger partial charge in [0.05, 0.1) is 19.8 Å². The Labute approximate surface area is 156 Å². The number of ether oxygens (including phenoxy) is 2. The predicted molar refractivity (Wildman–Crippen MR) is 100 cm³/mol. The second-order valence-electron chi connectivity index (χ2n) is 7.77. The minimum atomic E-state index is -0.334. The maximum atomic E-state index is 13.3. The van der Waals surface area contributed by atoms with Gasteiger partial charge in [-0.05, 0) is 42.9 Å². The first-order valence-corrected chi connectivity index (χ1v) is 10.1. The van der Waals surface area contributed by atoms with Crippen molar-refractivity contribution in [2.45, 2.75) is 57.0 Å². The van der Waals surface area contributed by atoms with Crippen LogP contribution in [0, 0.1) is 0 Å². The molecule has 0 radical (unpaired) electrons. The van der Waals surface area contributed by atoms with Gasteiger partial charge < -0.3 is 14.8 Å². The molecular formula is C21H30N2O3. The quantitative estimate of drug-likeness (QED) is 0.899. The maximum absolute atomic E-state index is 13.3. The summed E-state index contributed by atoms with van der Waals surface area (Å²) < 4.78 is 11.2. The minimum Gasteiger partial charge on any atom is -0.493 e. The lowest BCUT2D eigenvalue weighted by Gasteiger charge is -2.46. The predicted octanol–water partition coefficient (Wildman–Crippen LogP) is 2.66. The molecule has 0 bridgehead atoms. The van der Waals surface area contributed by atoms with Crippen molar-refractivity contribution < 1.29 is 14.3 Å². The summed E-state index contributed by atoms with van der Waals surface area (Å²) in [6.07, 6.45) is 7.59. The molecular weight excluding hydrogens is 328 g/mol. The molecule has 1 amide bonds. The fourth-order valence-corrected chi connectivity index (χ4v) is 4.69. The molecule has 1 aliphatic carbocycles. The van der Waals surface area contributed by atoms with Gasteiger partial charge in [0.25, 0.3) is 0 Å². The molecule has 0 atom stereocenters. The van der Waals surface area contributed by atoms with Gasteiger partial charge in [0.15, 0.2) is 0 Å². The minimum absolute atomic E-state index is 0.202. The Morgan fingerprint density at radius 3 is 2.69 bits per heavy atom. The first-order chi connectivity index (χ1) is 12.8. The molecule has 4 rings (SSSR count). The highest BCUT2D eigenvalue weighted by atomic mass is 16.5. The van der Waals surface area contributed by atoms with E-state index in [0.29, 0.717) is 6.54 Å². The molecule has 1 saturated carbocycles. The topological polar surface area (TPSA) is 50.8 Å². The van der Waals surface area contributed by atoms with E-state index < -0.39 is 0 Å². The average Bonchev–Trinajstić information content (AvgIpc) is 2.73. The summed E-state index contributed by atoms with van der Waals surface area (Å²) in [5.41, 5.74) is 2.10. The molecule has 5 nitrogen and oxygen atoms in total. The fourth-order valence-electron chi connectivity index (χ4n) is 4.69. The smallest absolute Gasteiger partial charge is 0.240 e. The van der Waals surface area contributed by atoms with Crippen LogP contribution in [0.2, 0.25) is 0 Å².